The number of carbonyl (C=O) groups is 1. The molecule has 0 aromatic rings. The average molecular weight is 317 g/mol. The van der Waals surface area contributed by atoms with Crippen LogP contribution < -0.4 is 5.73 Å². The third kappa shape index (κ3) is 6.79. The molecule has 0 aromatic carbocycles. The van der Waals surface area contributed by atoms with Crippen molar-refractivity contribution in [3.05, 3.63) is 0 Å². The molecular weight excluding hydrogens is 293 g/mol. The van der Waals surface area contributed by atoms with Crippen LogP contribution in [0.4, 0.5) is 13.2 Å². The molecule has 1 rings (SSSR count). The summed E-state index contributed by atoms with van der Waals surface area (Å²) < 4.78 is 36.9. The van der Waals surface area contributed by atoms with E-state index < -0.39 is 24.1 Å². The fourth-order valence-corrected chi connectivity index (χ4v) is 1.73. The highest BCUT2D eigenvalue weighted by Gasteiger charge is 2.36. The largest absolute Gasteiger partial charge is 0.390 e. The molecule has 0 heterocycles. The van der Waals surface area contributed by atoms with Gasteiger partial charge in [-0.15, -0.1) is 12.4 Å². The van der Waals surface area contributed by atoms with E-state index in [4.69, 9.17) is 5.73 Å². The van der Waals surface area contributed by atoms with Gasteiger partial charge in [-0.2, -0.15) is 13.2 Å². The Labute approximate surface area is 124 Å². The van der Waals surface area contributed by atoms with Gasteiger partial charge in [-0.05, 0) is 24.2 Å². The number of amides is 1. The number of rotatable bonds is 5. The van der Waals surface area contributed by atoms with E-state index in [0.717, 1.165) is 12.8 Å². The van der Waals surface area contributed by atoms with Gasteiger partial charge in [0.25, 0.3) is 0 Å². The molecule has 7 heteroatoms. The van der Waals surface area contributed by atoms with E-state index in [1.54, 1.807) is 0 Å². The van der Waals surface area contributed by atoms with E-state index in [2.05, 4.69) is 0 Å². The van der Waals surface area contributed by atoms with Crippen molar-refractivity contribution in [1.29, 1.82) is 0 Å². The summed E-state index contributed by atoms with van der Waals surface area (Å²) in [6, 6.07) is -0.764. The summed E-state index contributed by atoms with van der Waals surface area (Å²) in [6.45, 7) is 5.55. The molecule has 120 valence electrons. The Morgan fingerprint density at radius 3 is 2.15 bits per heavy atom. The lowest BCUT2D eigenvalue weighted by Gasteiger charge is -2.32. The maximum absolute atomic E-state index is 12.3. The molecule has 1 aliphatic rings. The molecule has 0 aliphatic heterocycles. The molecular formula is C13H24ClF3N2O. The zero-order chi connectivity index (χ0) is 14.8. The van der Waals surface area contributed by atoms with Crippen molar-refractivity contribution in [2.24, 2.45) is 17.1 Å². The quantitative estimate of drug-likeness (QED) is 0.847. The summed E-state index contributed by atoms with van der Waals surface area (Å²) in [7, 11) is 0. The van der Waals surface area contributed by atoms with E-state index >= 15 is 0 Å². The van der Waals surface area contributed by atoms with Crippen LogP contribution in [-0.2, 0) is 4.79 Å². The molecule has 1 fully saturated rings. The van der Waals surface area contributed by atoms with Crippen LogP contribution in [0.25, 0.3) is 0 Å². The lowest BCUT2D eigenvalue weighted by Crippen LogP contribution is -2.51. The first-order valence-electron chi connectivity index (χ1n) is 6.62. The predicted octanol–water partition coefficient (Wildman–Crippen LogP) is 2.97. The molecule has 20 heavy (non-hydrogen) atoms. The third-order valence-corrected chi connectivity index (χ3v) is 3.35. The van der Waals surface area contributed by atoms with E-state index in [1.165, 1.54) is 4.90 Å². The molecule has 0 radical (unpaired) electrons. The topological polar surface area (TPSA) is 46.3 Å². The molecule has 0 unspecified atom stereocenters. The van der Waals surface area contributed by atoms with Gasteiger partial charge >= 0.3 is 6.18 Å². The van der Waals surface area contributed by atoms with Crippen LogP contribution in [0.1, 0.15) is 40.0 Å². The first-order chi connectivity index (χ1) is 8.50. The second-order valence-electron chi connectivity index (χ2n) is 6.44. The molecule has 0 spiro atoms. The zero-order valence-corrected chi connectivity index (χ0v) is 13.0. The fourth-order valence-electron chi connectivity index (χ4n) is 1.73. The summed E-state index contributed by atoms with van der Waals surface area (Å²) in [5.41, 5.74) is 5.41. The van der Waals surface area contributed by atoms with Gasteiger partial charge in [-0.1, -0.05) is 20.8 Å². The highest BCUT2D eigenvalue weighted by Crippen LogP contribution is 2.31. The Bertz CT molecular complexity index is 325. The zero-order valence-electron chi connectivity index (χ0n) is 12.2. The number of nitrogens with zero attached hydrogens (tertiary/aromatic N) is 1. The minimum atomic E-state index is -4.24. The lowest BCUT2D eigenvalue weighted by atomic mass is 9.86. The van der Waals surface area contributed by atoms with Crippen LogP contribution in [0.3, 0.4) is 0 Å². The lowest BCUT2D eigenvalue weighted by molar-refractivity contribution is -0.147. The Hall–Kier alpha value is -0.490. The Balaban J connectivity index is 0.00000361. The van der Waals surface area contributed by atoms with E-state index in [9.17, 15) is 18.0 Å². The van der Waals surface area contributed by atoms with E-state index in [0.29, 0.717) is 12.5 Å². The number of hydrogen-bond acceptors (Lipinski definition) is 2. The Morgan fingerprint density at radius 1 is 1.30 bits per heavy atom. The van der Waals surface area contributed by atoms with Gasteiger partial charge in [0.2, 0.25) is 5.91 Å². The highest BCUT2D eigenvalue weighted by molar-refractivity contribution is 5.85. The third-order valence-electron chi connectivity index (χ3n) is 3.35. The molecule has 1 saturated carbocycles. The van der Waals surface area contributed by atoms with Gasteiger partial charge in [0, 0.05) is 13.1 Å². The van der Waals surface area contributed by atoms with Crippen molar-refractivity contribution < 1.29 is 18.0 Å². The second kappa shape index (κ2) is 6.98. The number of nitrogens with two attached hydrogens (primary N) is 1. The normalized spacial score (nSPS) is 17.4. The van der Waals surface area contributed by atoms with Gasteiger partial charge < -0.3 is 10.6 Å². The van der Waals surface area contributed by atoms with Crippen molar-refractivity contribution in [3.63, 3.8) is 0 Å². The minimum Gasteiger partial charge on any atom is -0.341 e. The van der Waals surface area contributed by atoms with Gasteiger partial charge in [0.15, 0.2) is 0 Å². The first kappa shape index (κ1) is 19.5. The van der Waals surface area contributed by atoms with E-state index in [-0.39, 0.29) is 24.9 Å². The van der Waals surface area contributed by atoms with Gasteiger partial charge in [0.05, 0.1) is 12.5 Å². The van der Waals surface area contributed by atoms with Crippen LogP contribution in [0, 0.1) is 11.3 Å². The summed E-state index contributed by atoms with van der Waals surface area (Å²) in [5.74, 6) is -0.0204. The van der Waals surface area contributed by atoms with Crippen molar-refractivity contribution >= 4 is 18.3 Å². The highest BCUT2D eigenvalue weighted by atomic mass is 35.5. The van der Waals surface area contributed by atoms with Crippen LogP contribution in [0.5, 0.6) is 0 Å². The van der Waals surface area contributed by atoms with Gasteiger partial charge in [-0.3, -0.25) is 4.79 Å². The maximum Gasteiger partial charge on any atom is 0.390 e. The molecule has 1 aliphatic carbocycles. The number of hydrogen-bond donors (Lipinski definition) is 1. The summed E-state index contributed by atoms with van der Waals surface area (Å²) in [6.07, 6.45) is -3.24. The van der Waals surface area contributed by atoms with Crippen LogP contribution in [0.15, 0.2) is 0 Å². The Morgan fingerprint density at radius 2 is 1.80 bits per heavy atom. The smallest absolute Gasteiger partial charge is 0.341 e. The number of halogens is 4. The number of alkyl halides is 3. The molecule has 1 atom stereocenters. The van der Waals surface area contributed by atoms with Gasteiger partial charge in [-0.25, -0.2) is 0 Å². The molecule has 1 amide bonds. The monoisotopic (exact) mass is 316 g/mol. The van der Waals surface area contributed by atoms with Crippen molar-refractivity contribution in [3.8, 4) is 0 Å². The van der Waals surface area contributed by atoms with E-state index in [1.807, 2.05) is 20.8 Å². The van der Waals surface area contributed by atoms with Crippen LogP contribution in [-0.4, -0.2) is 36.1 Å². The van der Waals surface area contributed by atoms with Crippen LogP contribution in [0.2, 0.25) is 0 Å². The molecule has 3 nitrogen and oxygen atoms in total. The Kier molecular flexibility index (Phi) is 6.81. The second-order valence-corrected chi connectivity index (χ2v) is 6.44. The summed E-state index contributed by atoms with van der Waals surface area (Å²) in [4.78, 5) is 13.5. The SMILES string of the molecule is CC(C)(C)[C@H](N)C(=O)N(CCC(F)(F)F)CC1CC1.Cl. The van der Waals surface area contributed by atoms with Crippen molar-refractivity contribution in [1.82, 2.24) is 4.90 Å². The average Bonchev–Trinajstić information content (AvgIpc) is 3.03. The standard InChI is InChI=1S/C13H23F3N2O.ClH/c1-12(2,3)10(17)11(19)18(8-9-4-5-9)7-6-13(14,15)16;/h9-10H,4-8,17H2,1-3H3;1H/t10-;/m1./s1. The molecule has 0 bridgehead atoms. The number of carbonyl (C=O) groups excluding carboxylic acids is 1. The summed E-state index contributed by atoms with van der Waals surface area (Å²) >= 11 is 0. The fraction of sp³-hybridized carbons (Fsp3) is 0.923. The van der Waals surface area contributed by atoms with Crippen molar-refractivity contribution in [2.45, 2.75) is 52.3 Å². The van der Waals surface area contributed by atoms with Crippen molar-refractivity contribution in [2.75, 3.05) is 13.1 Å². The molecule has 2 N–H and O–H groups in total. The molecule has 0 aromatic heterocycles. The first-order valence-corrected chi connectivity index (χ1v) is 6.62. The van der Waals surface area contributed by atoms with Crippen LogP contribution >= 0.6 is 12.4 Å². The predicted molar refractivity (Wildman–Crippen MR) is 74.7 cm³/mol. The maximum atomic E-state index is 12.3. The summed E-state index contributed by atoms with van der Waals surface area (Å²) in [5, 5.41) is 0. The minimum absolute atomic E-state index is 0. The van der Waals surface area contributed by atoms with Gasteiger partial charge in [0.1, 0.15) is 0 Å². The molecule has 0 saturated heterocycles.